The Hall–Kier alpha value is -1.61. The lowest BCUT2D eigenvalue weighted by atomic mass is 10.1. The van der Waals surface area contributed by atoms with Gasteiger partial charge < -0.3 is 5.32 Å². The van der Waals surface area contributed by atoms with Crippen LogP contribution in [0.2, 0.25) is 0 Å². The quantitative estimate of drug-likeness (QED) is 0.910. The molecule has 2 unspecified atom stereocenters. The lowest BCUT2D eigenvalue weighted by Crippen LogP contribution is -2.28. The van der Waals surface area contributed by atoms with Crippen LogP contribution in [0.5, 0.6) is 0 Å². The summed E-state index contributed by atoms with van der Waals surface area (Å²) in [5.74, 6) is 0. The number of nitrogens with zero attached hydrogens (tertiary/aromatic N) is 2. The van der Waals surface area contributed by atoms with E-state index in [9.17, 15) is 0 Å². The Morgan fingerprint density at radius 1 is 1.37 bits per heavy atom. The van der Waals surface area contributed by atoms with Gasteiger partial charge in [-0.1, -0.05) is 31.2 Å². The summed E-state index contributed by atoms with van der Waals surface area (Å²) in [5.41, 5.74) is 4.12. The lowest BCUT2D eigenvalue weighted by molar-refractivity contribution is 0.355. The number of nitrogens with one attached hydrogen (secondary N) is 1. The molecule has 0 spiro atoms. The minimum absolute atomic E-state index is 0.385. The second-order valence-corrected chi connectivity index (χ2v) is 5.40. The Labute approximate surface area is 114 Å². The van der Waals surface area contributed by atoms with E-state index in [0.717, 1.165) is 19.4 Å². The van der Waals surface area contributed by atoms with Crippen molar-refractivity contribution >= 4 is 0 Å². The molecule has 3 rings (SSSR count). The molecule has 19 heavy (non-hydrogen) atoms. The van der Waals surface area contributed by atoms with Crippen molar-refractivity contribution in [3.05, 3.63) is 53.3 Å². The van der Waals surface area contributed by atoms with Crippen LogP contribution >= 0.6 is 0 Å². The SMILES string of the molecule is CCCNC1c2ccccc2CC1n1cc(C)cn1. The van der Waals surface area contributed by atoms with Gasteiger partial charge in [0.1, 0.15) is 0 Å². The van der Waals surface area contributed by atoms with Crippen molar-refractivity contribution in [2.45, 2.75) is 38.8 Å². The third-order valence-electron chi connectivity index (χ3n) is 3.89. The summed E-state index contributed by atoms with van der Waals surface area (Å²) < 4.78 is 2.13. The summed E-state index contributed by atoms with van der Waals surface area (Å²) in [6.45, 7) is 5.36. The van der Waals surface area contributed by atoms with E-state index >= 15 is 0 Å². The zero-order valence-corrected chi connectivity index (χ0v) is 11.6. The Bertz CT molecular complexity index is 559. The summed E-state index contributed by atoms with van der Waals surface area (Å²) in [4.78, 5) is 0. The van der Waals surface area contributed by atoms with Gasteiger partial charge in [0.05, 0.1) is 18.3 Å². The van der Waals surface area contributed by atoms with Crippen LogP contribution in [0.15, 0.2) is 36.7 Å². The predicted octanol–water partition coefficient (Wildman–Crippen LogP) is 3.03. The minimum Gasteiger partial charge on any atom is -0.308 e. The number of fused-ring (bicyclic) bond motifs is 1. The fourth-order valence-corrected chi connectivity index (χ4v) is 2.98. The maximum Gasteiger partial charge on any atom is 0.0754 e. The molecule has 0 bridgehead atoms. The van der Waals surface area contributed by atoms with Crippen LogP contribution in [0, 0.1) is 6.92 Å². The maximum absolute atomic E-state index is 4.52. The van der Waals surface area contributed by atoms with E-state index in [0.29, 0.717) is 12.1 Å². The molecule has 3 nitrogen and oxygen atoms in total. The molecule has 0 amide bonds. The van der Waals surface area contributed by atoms with Crippen LogP contribution in [0.1, 0.15) is 42.1 Å². The number of hydrogen-bond acceptors (Lipinski definition) is 2. The summed E-state index contributed by atoms with van der Waals surface area (Å²) in [6, 6.07) is 9.54. The van der Waals surface area contributed by atoms with E-state index in [2.05, 4.69) is 59.4 Å². The van der Waals surface area contributed by atoms with Crippen molar-refractivity contribution in [1.82, 2.24) is 15.1 Å². The smallest absolute Gasteiger partial charge is 0.0754 e. The molecule has 0 saturated carbocycles. The van der Waals surface area contributed by atoms with Gasteiger partial charge in [-0.3, -0.25) is 4.68 Å². The first-order valence-electron chi connectivity index (χ1n) is 7.11. The predicted molar refractivity (Wildman–Crippen MR) is 77.2 cm³/mol. The van der Waals surface area contributed by atoms with E-state index in [1.807, 2.05) is 6.20 Å². The zero-order chi connectivity index (χ0) is 13.2. The van der Waals surface area contributed by atoms with Gasteiger partial charge in [0.25, 0.3) is 0 Å². The van der Waals surface area contributed by atoms with Gasteiger partial charge in [0.2, 0.25) is 0 Å². The molecule has 0 saturated heterocycles. The first-order chi connectivity index (χ1) is 9.29. The summed E-state index contributed by atoms with van der Waals surface area (Å²) in [5, 5.41) is 8.20. The molecule has 1 aromatic carbocycles. The van der Waals surface area contributed by atoms with Crippen molar-refractivity contribution in [2.24, 2.45) is 0 Å². The van der Waals surface area contributed by atoms with Crippen LogP contribution in [0.25, 0.3) is 0 Å². The topological polar surface area (TPSA) is 29.9 Å². The van der Waals surface area contributed by atoms with Crippen LogP contribution in [-0.4, -0.2) is 16.3 Å². The van der Waals surface area contributed by atoms with Gasteiger partial charge in [-0.15, -0.1) is 0 Å². The van der Waals surface area contributed by atoms with Gasteiger partial charge in [-0.05, 0) is 43.0 Å². The first-order valence-corrected chi connectivity index (χ1v) is 7.11. The molecule has 1 aromatic heterocycles. The Kier molecular flexibility index (Phi) is 3.38. The van der Waals surface area contributed by atoms with Crippen molar-refractivity contribution in [3.63, 3.8) is 0 Å². The highest BCUT2D eigenvalue weighted by atomic mass is 15.3. The van der Waals surface area contributed by atoms with E-state index in [1.54, 1.807) is 0 Å². The minimum atomic E-state index is 0.385. The molecule has 1 heterocycles. The molecule has 3 heteroatoms. The van der Waals surface area contributed by atoms with Crippen LogP contribution < -0.4 is 5.32 Å². The highest BCUT2D eigenvalue weighted by Crippen LogP contribution is 2.38. The number of aromatic nitrogens is 2. The van der Waals surface area contributed by atoms with E-state index < -0.39 is 0 Å². The molecule has 1 aliphatic carbocycles. The molecule has 1 aliphatic rings. The fourth-order valence-electron chi connectivity index (χ4n) is 2.98. The maximum atomic E-state index is 4.52. The highest BCUT2D eigenvalue weighted by Gasteiger charge is 2.33. The second kappa shape index (κ2) is 5.17. The van der Waals surface area contributed by atoms with Gasteiger partial charge >= 0.3 is 0 Å². The molecule has 0 aliphatic heterocycles. The largest absolute Gasteiger partial charge is 0.308 e. The fraction of sp³-hybridized carbons (Fsp3) is 0.438. The van der Waals surface area contributed by atoms with Crippen molar-refractivity contribution in [2.75, 3.05) is 6.54 Å². The lowest BCUT2D eigenvalue weighted by Gasteiger charge is -2.22. The van der Waals surface area contributed by atoms with Crippen LogP contribution in [-0.2, 0) is 6.42 Å². The summed E-state index contributed by atoms with van der Waals surface area (Å²) >= 11 is 0. The van der Waals surface area contributed by atoms with E-state index in [-0.39, 0.29) is 0 Å². The number of benzene rings is 1. The highest BCUT2D eigenvalue weighted by molar-refractivity contribution is 5.36. The Morgan fingerprint density at radius 3 is 2.95 bits per heavy atom. The number of rotatable bonds is 4. The van der Waals surface area contributed by atoms with Gasteiger partial charge in [-0.25, -0.2) is 0 Å². The molecular weight excluding hydrogens is 234 g/mol. The molecular formula is C16H21N3. The van der Waals surface area contributed by atoms with Crippen molar-refractivity contribution in [3.8, 4) is 0 Å². The van der Waals surface area contributed by atoms with Crippen molar-refractivity contribution in [1.29, 1.82) is 0 Å². The average Bonchev–Trinajstić information content (AvgIpc) is 3.00. The zero-order valence-electron chi connectivity index (χ0n) is 11.6. The third-order valence-corrected chi connectivity index (χ3v) is 3.89. The summed E-state index contributed by atoms with van der Waals surface area (Å²) in [7, 11) is 0. The molecule has 2 atom stereocenters. The van der Waals surface area contributed by atoms with Gasteiger partial charge in [0, 0.05) is 6.20 Å². The monoisotopic (exact) mass is 255 g/mol. The average molecular weight is 255 g/mol. The Balaban J connectivity index is 1.92. The second-order valence-electron chi connectivity index (χ2n) is 5.40. The molecule has 0 radical (unpaired) electrons. The summed E-state index contributed by atoms with van der Waals surface area (Å²) in [6.07, 6.45) is 6.32. The number of aryl methyl sites for hydroxylation is 1. The third kappa shape index (κ3) is 2.30. The standard InChI is InChI=1S/C16H21N3/c1-3-8-17-16-14-7-5-4-6-13(14)9-15(16)19-11-12(2)10-18-19/h4-7,10-11,15-17H,3,8-9H2,1-2H3. The van der Waals surface area contributed by atoms with Gasteiger partial charge in [-0.2, -0.15) is 5.10 Å². The molecule has 2 aromatic rings. The van der Waals surface area contributed by atoms with Crippen molar-refractivity contribution < 1.29 is 0 Å². The first kappa shape index (κ1) is 12.4. The van der Waals surface area contributed by atoms with Crippen LogP contribution in [0.4, 0.5) is 0 Å². The van der Waals surface area contributed by atoms with Gasteiger partial charge in [0.15, 0.2) is 0 Å². The normalized spacial score (nSPS) is 21.6. The van der Waals surface area contributed by atoms with E-state index in [1.165, 1.54) is 16.7 Å². The molecule has 0 fully saturated rings. The Morgan fingerprint density at radius 2 is 2.21 bits per heavy atom. The number of hydrogen-bond donors (Lipinski definition) is 1. The van der Waals surface area contributed by atoms with E-state index in [4.69, 9.17) is 0 Å². The van der Waals surface area contributed by atoms with Crippen LogP contribution in [0.3, 0.4) is 0 Å². The molecule has 100 valence electrons. The molecule has 1 N–H and O–H groups in total.